The molecule has 0 aromatic carbocycles. The van der Waals surface area contributed by atoms with E-state index >= 15 is 0 Å². The molecule has 2 aliphatic rings. The van der Waals surface area contributed by atoms with Gasteiger partial charge in [-0.05, 0) is 12.5 Å². The number of ether oxygens (including phenoxy) is 1. The summed E-state index contributed by atoms with van der Waals surface area (Å²) in [6.07, 6.45) is -2.67. The number of aromatic nitrogens is 5. The van der Waals surface area contributed by atoms with Crippen LogP contribution in [0.1, 0.15) is 29.9 Å². The van der Waals surface area contributed by atoms with Crippen LogP contribution in [0.3, 0.4) is 0 Å². The molecule has 0 N–H and O–H groups in total. The molecule has 3 aromatic heterocycles. The van der Waals surface area contributed by atoms with Gasteiger partial charge in [0.2, 0.25) is 11.8 Å². The number of aryl methyl sites for hydroxylation is 1. The van der Waals surface area contributed by atoms with Crippen LogP contribution >= 0.6 is 11.3 Å². The number of carbonyl (C=O) groups is 1. The lowest BCUT2D eigenvalue weighted by atomic mass is 10.2. The van der Waals surface area contributed by atoms with E-state index in [9.17, 15) is 18.0 Å². The van der Waals surface area contributed by atoms with Gasteiger partial charge in [0.1, 0.15) is 16.7 Å². The lowest BCUT2D eigenvalue weighted by Crippen LogP contribution is -2.36. The topological polar surface area (TPSA) is 89.0 Å². The second-order valence-corrected chi connectivity index (χ2v) is 8.85. The van der Waals surface area contributed by atoms with E-state index in [1.807, 2.05) is 11.0 Å². The van der Waals surface area contributed by atoms with Gasteiger partial charge >= 0.3 is 12.1 Å². The zero-order valence-corrected chi connectivity index (χ0v) is 18.2. The molecule has 5 rings (SSSR count). The zero-order chi connectivity index (χ0) is 22.6. The molecular formula is C19H20F3N7O2S. The Bertz CT molecular complexity index is 1190. The summed E-state index contributed by atoms with van der Waals surface area (Å²) in [4.78, 5) is 26.8. The van der Waals surface area contributed by atoms with Gasteiger partial charge in [0.05, 0.1) is 25.6 Å². The Labute approximate surface area is 184 Å². The first-order valence-electron chi connectivity index (χ1n) is 10.2. The summed E-state index contributed by atoms with van der Waals surface area (Å²) >= 11 is 1.57. The van der Waals surface area contributed by atoms with Crippen LogP contribution in [0.2, 0.25) is 0 Å². The smallest absolute Gasteiger partial charge is 0.451 e. The molecule has 13 heteroatoms. The minimum atomic E-state index is -4.55. The molecule has 1 saturated heterocycles. The van der Waals surface area contributed by atoms with Crippen molar-refractivity contribution >= 4 is 39.3 Å². The Hall–Kier alpha value is -2.96. The molecule has 1 fully saturated rings. The van der Waals surface area contributed by atoms with Crippen LogP contribution in [0.4, 0.5) is 24.9 Å². The number of esters is 1. The molecule has 9 nitrogen and oxygen atoms in total. The number of thiophene rings is 1. The fraction of sp³-hybridized carbons (Fsp3) is 0.526. The summed E-state index contributed by atoms with van der Waals surface area (Å²) in [5.74, 6) is -0.0527. The zero-order valence-electron chi connectivity index (χ0n) is 17.4. The molecule has 0 radical (unpaired) electrons. The van der Waals surface area contributed by atoms with Crippen molar-refractivity contribution in [2.24, 2.45) is 0 Å². The summed E-state index contributed by atoms with van der Waals surface area (Å²) in [6.45, 7) is 3.12. The van der Waals surface area contributed by atoms with Crippen molar-refractivity contribution in [3.8, 4) is 0 Å². The van der Waals surface area contributed by atoms with Crippen LogP contribution in [0.25, 0.3) is 10.2 Å². The van der Waals surface area contributed by atoms with Crippen LogP contribution < -0.4 is 9.80 Å². The molecular weight excluding hydrogens is 447 g/mol. The number of carbonyl (C=O) groups excluding carboxylic acids is 1. The fourth-order valence-electron chi connectivity index (χ4n) is 3.93. The third-order valence-corrected chi connectivity index (χ3v) is 6.65. The number of hydrogen-bond donors (Lipinski definition) is 0. The predicted octanol–water partition coefficient (Wildman–Crippen LogP) is 2.64. The fourth-order valence-corrected chi connectivity index (χ4v) is 5.05. The van der Waals surface area contributed by atoms with Crippen LogP contribution in [-0.4, -0.2) is 56.9 Å². The number of anilines is 2. The summed E-state index contributed by atoms with van der Waals surface area (Å²) in [7, 11) is 1.34. The van der Waals surface area contributed by atoms with E-state index in [-0.39, 0.29) is 24.9 Å². The molecule has 5 heterocycles. The minimum absolute atomic E-state index is 0.0957. The molecule has 0 amide bonds. The first-order chi connectivity index (χ1) is 15.3. The van der Waals surface area contributed by atoms with E-state index in [4.69, 9.17) is 9.72 Å². The van der Waals surface area contributed by atoms with Gasteiger partial charge in [0.25, 0.3) is 0 Å². The van der Waals surface area contributed by atoms with Gasteiger partial charge < -0.3 is 19.1 Å². The highest BCUT2D eigenvalue weighted by atomic mass is 32.1. The van der Waals surface area contributed by atoms with Gasteiger partial charge in [0, 0.05) is 18.0 Å². The predicted molar refractivity (Wildman–Crippen MR) is 111 cm³/mol. The Kier molecular flexibility index (Phi) is 4.95. The minimum Gasteiger partial charge on any atom is -0.467 e. The van der Waals surface area contributed by atoms with Gasteiger partial charge in [-0.3, -0.25) is 0 Å². The van der Waals surface area contributed by atoms with Crippen LogP contribution in [0.15, 0.2) is 6.07 Å². The van der Waals surface area contributed by atoms with Crippen molar-refractivity contribution < 1.29 is 22.7 Å². The molecule has 0 saturated carbocycles. The molecule has 0 spiro atoms. The molecule has 2 aliphatic heterocycles. The van der Waals surface area contributed by atoms with Crippen molar-refractivity contribution in [2.75, 3.05) is 30.0 Å². The number of alkyl halides is 3. The number of nitrogens with zero attached hydrogens (tertiary/aromatic N) is 7. The van der Waals surface area contributed by atoms with E-state index in [1.165, 1.54) is 7.11 Å². The van der Waals surface area contributed by atoms with E-state index < -0.39 is 18.0 Å². The number of hydrogen-bond acceptors (Lipinski definition) is 9. The van der Waals surface area contributed by atoms with E-state index in [2.05, 4.69) is 22.1 Å². The summed E-state index contributed by atoms with van der Waals surface area (Å²) in [5, 5.41) is 7.97. The summed E-state index contributed by atoms with van der Waals surface area (Å²) in [5.41, 5.74) is 0. The average Bonchev–Trinajstić information content (AvgIpc) is 3.26. The van der Waals surface area contributed by atoms with Gasteiger partial charge in [-0.2, -0.15) is 18.2 Å². The number of rotatable bonds is 5. The average molecular weight is 467 g/mol. The Morgan fingerprint density at radius 1 is 1.28 bits per heavy atom. The lowest BCUT2D eigenvalue weighted by Gasteiger charge is -2.29. The van der Waals surface area contributed by atoms with Gasteiger partial charge in [-0.15, -0.1) is 21.5 Å². The largest absolute Gasteiger partial charge is 0.467 e. The highest BCUT2D eigenvalue weighted by Gasteiger charge is 2.44. The molecule has 32 heavy (non-hydrogen) atoms. The second kappa shape index (κ2) is 7.57. The Morgan fingerprint density at radius 3 is 2.81 bits per heavy atom. The quantitative estimate of drug-likeness (QED) is 0.418. The second-order valence-electron chi connectivity index (χ2n) is 7.73. The number of halogens is 3. The maximum absolute atomic E-state index is 13.2. The van der Waals surface area contributed by atoms with E-state index in [0.717, 1.165) is 32.5 Å². The Balaban J connectivity index is 1.52. The highest BCUT2D eigenvalue weighted by Crippen LogP contribution is 2.37. The summed E-state index contributed by atoms with van der Waals surface area (Å²) in [6, 6.07) is 1.63. The highest BCUT2D eigenvalue weighted by molar-refractivity contribution is 7.18. The molecule has 170 valence electrons. The van der Waals surface area contributed by atoms with Gasteiger partial charge in [-0.25, -0.2) is 9.78 Å². The van der Waals surface area contributed by atoms with Crippen LogP contribution in [0, 0.1) is 0 Å². The first kappa shape index (κ1) is 20.9. The lowest BCUT2D eigenvalue weighted by molar-refractivity contribution is -0.147. The Morgan fingerprint density at radius 2 is 2.09 bits per heavy atom. The van der Waals surface area contributed by atoms with E-state index in [0.29, 0.717) is 24.9 Å². The van der Waals surface area contributed by atoms with E-state index in [1.54, 1.807) is 16.2 Å². The number of methoxy groups -OCH3 is 1. The third kappa shape index (κ3) is 3.53. The maximum atomic E-state index is 13.2. The maximum Gasteiger partial charge on any atom is 0.451 e. The van der Waals surface area contributed by atoms with Crippen molar-refractivity contribution in [1.82, 2.24) is 24.7 Å². The summed E-state index contributed by atoms with van der Waals surface area (Å²) < 4.78 is 45.5. The van der Waals surface area contributed by atoms with Crippen molar-refractivity contribution in [3.63, 3.8) is 0 Å². The monoisotopic (exact) mass is 467 g/mol. The van der Waals surface area contributed by atoms with Crippen LogP contribution in [0.5, 0.6) is 0 Å². The molecule has 1 atom stereocenters. The molecule has 1 unspecified atom stereocenters. The van der Waals surface area contributed by atoms with Crippen molar-refractivity contribution in [3.05, 3.63) is 22.6 Å². The first-order valence-corrected chi connectivity index (χ1v) is 11.0. The third-order valence-electron chi connectivity index (χ3n) is 5.56. The standard InChI is InChI=1S/C19H20F3N7O2S/c1-3-4-10-7-11-14(23-18(24-15(11)32-10)29-8-12(29)16(30)31-2)27-5-6-28-13(9-27)25-26-17(28)19(20,21)22/h7,12H,3-6,8-9H2,1-2H3. The van der Waals surface area contributed by atoms with Gasteiger partial charge in [0.15, 0.2) is 5.82 Å². The molecule has 0 aliphatic carbocycles. The molecule has 0 bridgehead atoms. The van der Waals surface area contributed by atoms with Gasteiger partial charge in [-0.1, -0.05) is 13.3 Å². The SMILES string of the molecule is CCCc1cc2c(N3CCn4c(nnc4C(F)(F)F)C3)nc(N3CC3C(=O)OC)nc2s1. The molecule has 3 aromatic rings. The van der Waals surface area contributed by atoms with Crippen molar-refractivity contribution in [2.45, 2.75) is 45.1 Å². The van der Waals surface area contributed by atoms with Crippen LogP contribution in [-0.2, 0) is 35.2 Å². The number of fused-ring (bicyclic) bond motifs is 2. The van der Waals surface area contributed by atoms with Crippen molar-refractivity contribution in [1.29, 1.82) is 0 Å². The normalized spacial score (nSPS) is 18.2.